The first-order valence-electron chi connectivity index (χ1n) is 12.4. The molecule has 33 heavy (non-hydrogen) atoms. The van der Waals surface area contributed by atoms with Crippen molar-refractivity contribution in [3.05, 3.63) is 59.4 Å². The first-order chi connectivity index (χ1) is 15.6. The summed E-state index contributed by atoms with van der Waals surface area (Å²) in [5, 5.41) is 2.08. The molecule has 2 fully saturated rings. The quantitative estimate of drug-likeness (QED) is 0.469. The van der Waals surface area contributed by atoms with Crippen LogP contribution in [0.1, 0.15) is 89.2 Å². The largest absolute Gasteiger partial charge is 0.381 e. The van der Waals surface area contributed by atoms with E-state index in [1.165, 1.54) is 18.4 Å². The molecule has 1 aliphatic carbocycles. The molecule has 1 aliphatic heterocycles. The van der Waals surface area contributed by atoms with Gasteiger partial charge in [0.1, 0.15) is 5.82 Å². The van der Waals surface area contributed by atoms with Gasteiger partial charge in [-0.25, -0.2) is 4.39 Å². The molecule has 0 aromatic heterocycles. The smallest absolute Gasteiger partial charge is 0.127 e. The van der Waals surface area contributed by atoms with Crippen LogP contribution in [0.2, 0.25) is 0 Å². The van der Waals surface area contributed by atoms with Gasteiger partial charge in [0, 0.05) is 18.2 Å². The molecular weight excluding hydrogens is 413 g/mol. The molecule has 0 spiro atoms. The van der Waals surface area contributed by atoms with Crippen molar-refractivity contribution < 1.29 is 14.0 Å². The number of nitrogens with zero attached hydrogens (tertiary/aromatic N) is 1. The van der Waals surface area contributed by atoms with Crippen LogP contribution in [0, 0.1) is 5.82 Å². The summed E-state index contributed by atoms with van der Waals surface area (Å²) < 4.78 is 20.9. The van der Waals surface area contributed by atoms with E-state index in [0.29, 0.717) is 12.0 Å². The minimum absolute atomic E-state index is 0.100. The second-order valence-corrected chi connectivity index (χ2v) is 11.3. The predicted molar refractivity (Wildman–Crippen MR) is 133 cm³/mol. The number of hydrogen-bond acceptors (Lipinski definition) is 3. The van der Waals surface area contributed by atoms with Crippen molar-refractivity contribution in [1.29, 1.82) is 0 Å². The lowest BCUT2D eigenvalue weighted by Gasteiger charge is -2.53. The Morgan fingerprint density at radius 2 is 1.36 bits per heavy atom. The maximum atomic E-state index is 15.4. The van der Waals surface area contributed by atoms with Gasteiger partial charge in [-0.05, 0) is 106 Å². The Bertz CT molecular complexity index is 927. The minimum atomic E-state index is -0.162. The molecule has 2 aromatic rings. The minimum Gasteiger partial charge on any atom is -0.381 e. The summed E-state index contributed by atoms with van der Waals surface area (Å²) in [6.07, 6.45) is 6.76. The zero-order chi connectivity index (χ0) is 23.8. The van der Waals surface area contributed by atoms with E-state index in [-0.39, 0.29) is 22.8 Å². The zero-order valence-electron chi connectivity index (χ0n) is 21.2. The summed E-state index contributed by atoms with van der Waals surface area (Å²) in [5.74, 6) is 0.672. The van der Waals surface area contributed by atoms with Gasteiger partial charge in [-0.1, -0.05) is 36.4 Å². The van der Waals surface area contributed by atoms with Crippen LogP contribution in [-0.2, 0) is 9.57 Å². The summed E-state index contributed by atoms with van der Waals surface area (Å²) in [6, 6.07) is 14.6. The highest BCUT2D eigenvalue weighted by atomic mass is 19.1. The average Bonchev–Trinajstić information content (AvgIpc) is 2.78. The molecule has 0 bridgehead atoms. The number of piperidine rings is 1. The molecule has 0 radical (unpaired) electrons. The normalized spacial score (nSPS) is 25.8. The predicted octanol–water partition coefficient (Wildman–Crippen LogP) is 7.46. The van der Waals surface area contributed by atoms with Crippen molar-refractivity contribution in [2.75, 3.05) is 14.2 Å². The van der Waals surface area contributed by atoms with Crippen molar-refractivity contribution in [2.45, 2.75) is 95.2 Å². The van der Waals surface area contributed by atoms with Crippen molar-refractivity contribution in [3.63, 3.8) is 0 Å². The molecule has 0 amide bonds. The number of hydrogen-bond donors (Lipinski definition) is 0. The molecule has 4 heteroatoms. The maximum Gasteiger partial charge on any atom is 0.127 e. The van der Waals surface area contributed by atoms with E-state index in [9.17, 15) is 0 Å². The lowest BCUT2D eigenvalue weighted by molar-refractivity contribution is -0.266. The molecule has 180 valence electrons. The average molecular weight is 454 g/mol. The first kappa shape index (κ1) is 24.4. The molecule has 2 aliphatic rings. The highest BCUT2D eigenvalue weighted by molar-refractivity contribution is 5.64. The number of halogens is 1. The fraction of sp³-hybridized carbons (Fsp3) is 0.586. The van der Waals surface area contributed by atoms with E-state index in [1.54, 1.807) is 13.2 Å². The van der Waals surface area contributed by atoms with Gasteiger partial charge < -0.3 is 9.57 Å². The number of rotatable bonds is 5. The molecule has 4 rings (SSSR count). The van der Waals surface area contributed by atoms with E-state index in [4.69, 9.17) is 9.57 Å². The highest BCUT2D eigenvalue weighted by Crippen LogP contribution is 2.46. The highest BCUT2D eigenvalue weighted by Gasteiger charge is 2.46. The summed E-state index contributed by atoms with van der Waals surface area (Å²) in [7, 11) is 3.55. The Hall–Kier alpha value is -1.75. The topological polar surface area (TPSA) is 21.7 Å². The Kier molecular flexibility index (Phi) is 7.00. The third-order valence-corrected chi connectivity index (χ3v) is 7.94. The molecule has 0 unspecified atom stereocenters. The van der Waals surface area contributed by atoms with Gasteiger partial charge in [-0.15, -0.1) is 0 Å². The second kappa shape index (κ2) is 9.48. The van der Waals surface area contributed by atoms with E-state index in [1.807, 2.05) is 13.2 Å². The van der Waals surface area contributed by atoms with Gasteiger partial charge >= 0.3 is 0 Å². The van der Waals surface area contributed by atoms with E-state index < -0.39 is 0 Å². The third kappa shape index (κ3) is 5.03. The van der Waals surface area contributed by atoms with Crippen LogP contribution in [0.15, 0.2) is 42.5 Å². The number of ether oxygens (including phenoxy) is 1. The molecule has 1 saturated carbocycles. The van der Waals surface area contributed by atoms with Gasteiger partial charge in [-0.2, -0.15) is 5.06 Å². The van der Waals surface area contributed by atoms with Crippen LogP contribution in [0.5, 0.6) is 0 Å². The van der Waals surface area contributed by atoms with Gasteiger partial charge in [0.05, 0.1) is 13.2 Å². The zero-order valence-corrected chi connectivity index (χ0v) is 21.2. The van der Waals surface area contributed by atoms with Crippen molar-refractivity contribution in [1.82, 2.24) is 5.06 Å². The number of methoxy groups -OCH3 is 1. The molecule has 1 heterocycles. The molecular formula is C29H40FNO2. The van der Waals surface area contributed by atoms with Gasteiger partial charge in [-0.3, -0.25) is 0 Å². The molecule has 3 nitrogen and oxygen atoms in total. The third-order valence-electron chi connectivity index (χ3n) is 7.94. The molecule has 1 saturated heterocycles. The SMILES string of the molecule is COC1CCC(c2ccc(-c3ccc(C4CC(C)(C)N(OC)C(C)(C)C4)c(F)c3)cc2)CC1. The Morgan fingerprint density at radius 3 is 1.88 bits per heavy atom. The lowest BCUT2D eigenvalue weighted by atomic mass is 9.72. The van der Waals surface area contributed by atoms with Crippen LogP contribution in [-0.4, -0.2) is 36.5 Å². The first-order valence-corrected chi connectivity index (χ1v) is 12.4. The Morgan fingerprint density at radius 1 is 0.788 bits per heavy atom. The standard InChI is InChI=1S/C29H40FNO2/c1-28(2)18-24(19-29(3,4)31(28)33-6)26-16-13-23(17-27(26)30)22-9-7-20(8-10-22)21-11-14-25(32-5)15-12-21/h7-10,13,16-17,21,24-25H,11-12,14-15,18-19H2,1-6H3. The molecule has 2 aromatic carbocycles. The monoisotopic (exact) mass is 453 g/mol. The van der Waals surface area contributed by atoms with Gasteiger partial charge in [0.25, 0.3) is 0 Å². The second-order valence-electron chi connectivity index (χ2n) is 11.3. The molecule has 0 N–H and O–H groups in total. The van der Waals surface area contributed by atoms with E-state index in [2.05, 4.69) is 63.1 Å². The Balaban J connectivity index is 1.50. The van der Waals surface area contributed by atoms with Gasteiger partial charge in [0.15, 0.2) is 0 Å². The lowest BCUT2D eigenvalue weighted by Crippen LogP contribution is -2.59. The van der Waals surface area contributed by atoms with Crippen molar-refractivity contribution in [3.8, 4) is 11.1 Å². The number of benzene rings is 2. The summed E-state index contributed by atoms with van der Waals surface area (Å²) >= 11 is 0. The van der Waals surface area contributed by atoms with Gasteiger partial charge in [0.2, 0.25) is 0 Å². The maximum absolute atomic E-state index is 15.4. The fourth-order valence-electron chi connectivity index (χ4n) is 6.59. The van der Waals surface area contributed by atoms with Crippen LogP contribution in [0.4, 0.5) is 4.39 Å². The summed E-state index contributed by atoms with van der Waals surface area (Å²) in [4.78, 5) is 5.71. The van der Waals surface area contributed by atoms with Crippen molar-refractivity contribution >= 4 is 0 Å². The molecule has 0 atom stereocenters. The number of hydroxylamine groups is 2. The Labute approximate surface area is 199 Å². The van der Waals surface area contributed by atoms with Crippen LogP contribution in [0.3, 0.4) is 0 Å². The van der Waals surface area contributed by atoms with Crippen LogP contribution in [0.25, 0.3) is 11.1 Å². The van der Waals surface area contributed by atoms with Crippen molar-refractivity contribution in [2.24, 2.45) is 0 Å². The summed E-state index contributed by atoms with van der Waals surface area (Å²) in [6.45, 7) is 8.72. The van der Waals surface area contributed by atoms with Crippen LogP contribution >= 0.6 is 0 Å². The van der Waals surface area contributed by atoms with E-state index >= 15 is 4.39 Å². The van der Waals surface area contributed by atoms with Crippen LogP contribution < -0.4 is 0 Å². The summed E-state index contributed by atoms with van der Waals surface area (Å²) in [5.41, 5.74) is 3.90. The van der Waals surface area contributed by atoms with E-state index in [0.717, 1.165) is 42.4 Å². The fourth-order valence-corrected chi connectivity index (χ4v) is 6.59.